The Balaban J connectivity index is 2.06. The fraction of sp³-hybridized carbons (Fsp3) is 0.250. The number of anilines is 1. The number of fused-ring (bicyclic) bond motifs is 1. The number of nitrogen functional groups attached to an aromatic ring is 1. The van der Waals surface area contributed by atoms with Gasteiger partial charge in [-0.1, -0.05) is 12.1 Å². The maximum absolute atomic E-state index is 12.6. The number of aliphatic hydroxyl groups excluding tert-OH is 1. The topological polar surface area (TPSA) is 130 Å². The van der Waals surface area contributed by atoms with Gasteiger partial charge >= 0.3 is 0 Å². The highest BCUT2D eigenvalue weighted by atomic mass is 16.3. The highest BCUT2D eigenvalue weighted by molar-refractivity contribution is 6.01. The van der Waals surface area contributed by atoms with E-state index in [0.717, 1.165) is 16.7 Å². The maximum atomic E-state index is 12.6. The summed E-state index contributed by atoms with van der Waals surface area (Å²) in [6.45, 7) is 1.67. The highest BCUT2D eigenvalue weighted by Gasteiger charge is 2.22. The fourth-order valence-corrected chi connectivity index (χ4v) is 3.08. The van der Waals surface area contributed by atoms with E-state index in [4.69, 9.17) is 10.8 Å². The molecule has 8 heteroatoms. The third-order valence-electron chi connectivity index (χ3n) is 4.59. The number of aromatic hydroxyl groups is 1. The van der Waals surface area contributed by atoms with Crippen molar-refractivity contribution in [2.75, 3.05) is 18.9 Å². The predicted octanol–water partition coefficient (Wildman–Crippen LogP) is 0.843. The zero-order chi connectivity index (χ0) is 20.4. The van der Waals surface area contributed by atoms with Crippen LogP contribution < -0.4 is 16.6 Å². The summed E-state index contributed by atoms with van der Waals surface area (Å²) >= 11 is 0. The molecule has 0 aliphatic rings. The Bertz CT molecular complexity index is 1120. The highest BCUT2D eigenvalue weighted by Crippen LogP contribution is 2.26. The smallest absolute Gasteiger partial charge is 0.267 e. The van der Waals surface area contributed by atoms with Crippen LogP contribution in [0.25, 0.3) is 11.0 Å². The van der Waals surface area contributed by atoms with Gasteiger partial charge in [0.05, 0.1) is 12.1 Å². The zero-order valence-electron chi connectivity index (χ0n) is 15.7. The minimum Gasteiger partial charge on any atom is -0.505 e. The maximum Gasteiger partial charge on any atom is 0.267 e. The van der Waals surface area contributed by atoms with Crippen LogP contribution in [-0.4, -0.2) is 38.8 Å². The van der Waals surface area contributed by atoms with Crippen LogP contribution in [0.2, 0.25) is 0 Å². The zero-order valence-corrected chi connectivity index (χ0v) is 15.7. The molecule has 0 spiro atoms. The average molecular weight is 382 g/mol. The number of benzene rings is 1. The number of amides is 1. The first-order valence-electron chi connectivity index (χ1n) is 8.78. The number of aliphatic hydroxyl groups is 1. The predicted molar refractivity (Wildman–Crippen MR) is 106 cm³/mol. The molecule has 3 rings (SSSR count). The molecule has 28 heavy (non-hydrogen) atoms. The van der Waals surface area contributed by atoms with Crippen molar-refractivity contribution in [1.29, 1.82) is 0 Å². The lowest BCUT2D eigenvalue weighted by atomic mass is 10.0. The van der Waals surface area contributed by atoms with E-state index >= 15 is 0 Å². The molecule has 0 radical (unpaired) electrons. The van der Waals surface area contributed by atoms with Gasteiger partial charge in [0, 0.05) is 31.9 Å². The number of aromatic nitrogens is 2. The minimum atomic E-state index is -0.757. The second-order valence-corrected chi connectivity index (χ2v) is 6.66. The summed E-state index contributed by atoms with van der Waals surface area (Å²) in [5.41, 5.74) is 9.08. The molecule has 146 valence electrons. The van der Waals surface area contributed by atoms with E-state index in [9.17, 15) is 14.7 Å². The first-order valence-corrected chi connectivity index (χ1v) is 8.78. The Kier molecular flexibility index (Phi) is 5.32. The monoisotopic (exact) mass is 382 g/mol. The van der Waals surface area contributed by atoms with Crippen LogP contribution in [0.4, 0.5) is 5.69 Å². The molecular weight excluding hydrogens is 360 g/mol. The third kappa shape index (κ3) is 3.54. The Morgan fingerprint density at radius 3 is 2.75 bits per heavy atom. The molecule has 0 fully saturated rings. The summed E-state index contributed by atoms with van der Waals surface area (Å²) < 4.78 is 1.28. The van der Waals surface area contributed by atoms with Gasteiger partial charge in [0.15, 0.2) is 5.75 Å². The van der Waals surface area contributed by atoms with Crippen molar-refractivity contribution >= 4 is 22.6 Å². The summed E-state index contributed by atoms with van der Waals surface area (Å²) in [5.74, 6) is -1.23. The van der Waals surface area contributed by atoms with Crippen LogP contribution in [-0.2, 0) is 13.5 Å². The summed E-state index contributed by atoms with van der Waals surface area (Å²) in [6, 6.07) is 7.56. The van der Waals surface area contributed by atoms with Gasteiger partial charge in [0.25, 0.3) is 11.5 Å². The van der Waals surface area contributed by atoms with E-state index in [1.807, 2.05) is 25.1 Å². The first kappa shape index (κ1) is 19.4. The molecule has 2 heterocycles. The van der Waals surface area contributed by atoms with Crippen LogP contribution in [0.3, 0.4) is 0 Å². The molecule has 0 unspecified atom stereocenters. The number of nitrogens with zero attached hydrogens (tertiary/aromatic N) is 2. The van der Waals surface area contributed by atoms with Crippen molar-refractivity contribution in [3.8, 4) is 5.75 Å². The minimum absolute atomic E-state index is 0.0240. The van der Waals surface area contributed by atoms with Gasteiger partial charge in [-0.3, -0.25) is 14.6 Å². The van der Waals surface area contributed by atoms with Gasteiger partial charge in [-0.05, 0) is 35.7 Å². The molecule has 0 aliphatic carbocycles. The number of pyridine rings is 2. The summed E-state index contributed by atoms with van der Waals surface area (Å²) in [6.07, 6.45) is 2.10. The van der Waals surface area contributed by atoms with Crippen molar-refractivity contribution in [3.63, 3.8) is 0 Å². The van der Waals surface area contributed by atoms with Gasteiger partial charge in [-0.25, -0.2) is 0 Å². The van der Waals surface area contributed by atoms with Crippen LogP contribution >= 0.6 is 0 Å². The van der Waals surface area contributed by atoms with Crippen molar-refractivity contribution < 1.29 is 15.0 Å². The molecule has 0 bridgehead atoms. The molecule has 0 atom stereocenters. The van der Waals surface area contributed by atoms with E-state index in [1.54, 1.807) is 12.3 Å². The number of nitrogens with one attached hydrogen (secondary N) is 1. The number of hydrogen-bond donors (Lipinski definition) is 4. The normalized spacial score (nSPS) is 11.0. The van der Waals surface area contributed by atoms with Crippen molar-refractivity contribution in [2.45, 2.75) is 13.3 Å². The molecule has 3 aromatic rings. The summed E-state index contributed by atoms with van der Waals surface area (Å²) in [5, 5.41) is 21.7. The van der Waals surface area contributed by atoms with Gasteiger partial charge in [-0.2, -0.15) is 0 Å². The van der Waals surface area contributed by atoms with Crippen LogP contribution in [0, 0.1) is 6.92 Å². The molecule has 2 aromatic heterocycles. The van der Waals surface area contributed by atoms with Crippen molar-refractivity contribution in [2.24, 2.45) is 7.05 Å². The van der Waals surface area contributed by atoms with E-state index in [0.29, 0.717) is 17.6 Å². The van der Waals surface area contributed by atoms with Crippen LogP contribution in [0.1, 0.15) is 27.0 Å². The average Bonchev–Trinajstić information content (AvgIpc) is 2.67. The number of aryl methyl sites for hydroxylation is 2. The lowest BCUT2D eigenvalue weighted by Crippen LogP contribution is -2.34. The van der Waals surface area contributed by atoms with Crippen LogP contribution in [0.5, 0.6) is 5.75 Å². The molecule has 1 aromatic carbocycles. The van der Waals surface area contributed by atoms with Gasteiger partial charge in [0.2, 0.25) is 0 Å². The first-order chi connectivity index (χ1) is 13.3. The van der Waals surface area contributed by atoms with Crippen molar-refractivity contribution in [1.82, 2.24) is 14.9 Å². The lowest BCUT2D eigenvalue weighted by Gasteiger charge is -2.13. The molecule has 8 nitrogen and oxygen atoms in total. The summed E-state index contributed by atoms with van der Waals surface area (Å²) in [7, 11) is 1.51. The number of carbonyl (C=O) groups is 1. The molecular formula is C20H22N4O4. The summed E-state index contributed by atoms with van der Waals surface area (Å²) in [4.78, 5) is 29.0. The quantitative estimate of drug-likeness (QED) is 0.484. The number of hydrogen-bond acceptors (Lipinski definition) is 6. The fourth-order valence-electron chi connectivity index (χ4n) is 3.08. The molecule has 5 N–H and O–H groups in total. The van der Waals surface area contributed by atoms with Gasteiger partial charge < -0.3 is 25.8 Å². The van der Waals surface area contributed by atoms with Crippen molar-refractivity contribution in [3.05, 3.63) is 63.1 Å². The standard InChI is InChI=1S/C20H22N4O4/c1-11-3-4-13(14(21)7-11)8-12-9-15-17(23-10-12)18(26)16(20(28)24(15)2)19(27)22-5-6-25/h3-4,7,9-10,25-26H,5-6,8,21H2,1-2H3,(H,22,27). The number of nitrogens with two attached hydrogens (primary N) is 1. The van der Waals surface area contributed by atoms with E-state index in [-0.39, 0.29) is 18.7 Å². The molecule has 0 saturated heterocycles. The molecule has 0 saturated carbocycles. The molecule has 0 aliphatic heterocycles. The second-order valence-electron chi connectivity index (χ2n) is 6.66. The Labute approximate surface area is 161 Å². The Morgan fingerprint density at radius 2 is 2.07 bits per heavy atom. The second kappa shape index (κ2) is 7.69. The van der Waals surface area contributed by atoms with E-state index in [2.05, 4.69) is 10.3 Å². The largest absolute Gasteiger partial charge is 0.505 e. The third-order valence-corrected chi connectivity index (χ3v) is 4.59. The van der Waals surface area contributed by atoms with Gasteiger partial charge in [-0.15, -0.1) is 0 Å². The Hall–Kier alpha value is -3.39. The number of rotatable bonds is 5. The number of carbonyl (C=O) groups excluding carboxylic acids is 1. The molecule has 1 amide bonds. The van der Waals surface area contributed by atoms with E-state index in [1.165, 1.54) is 11.6 Å². The SMILES string of the molecule is Cc1ccc(Cc2cnc3c(O)c(C(=O)NCCO)c(=O)n(C)c3c2)c(N)c1. The Morgan fingerprint density at radius 1 is 1.32 bits per heavy atom. The van der Waals surface area contributed by atoms with E-state index < -0.39 is 22.8 Å². The van der Waals surface area contributed by atoms with Gasteiger partial charge in [0.1, 0.15) is 11.1 Å². The van der Waals surface area contributed by atoms with Crippen LogP contribution in [0.15, 0.2) is 35.3 Å². The lowest BCUT2D eigenvalue weighted by molar-refractivity contribution is 0.0940.